The molecule has 4 nitrogen and oxygen atoms in total. The molecule has 0 bridgehead atoms. The number of aliphatic hydroxyl groups excluding tert-OH is 1. The smallest absolute Gasteiger partial charge is 0.346 e. The summed E-state index contributed by atoms with van der Waals surface area (Å²) in [7, 11) is 0. The summed E-state index contributed by atoms with van der Waals surface area (Å²) < 4.78 is 5.35. The highest BCUT2D eigenvalue weighted by Gasteiger charge is 2.38. The molecule has 0 saturated carbocycles. The van der Waals surface area contributed by atoms with Gasteiger partial charge >= 0.3 is 5.97 Å². The van der Waals surface area contributed by atoms with Gasteiger partial charge in [0.25, 0.3) is 0 Å². The van der Waals surface area contributed by atoms with Gasteiger partial charge in [-0.15, -0.1) is 0 Å². The fraction of sp³-hybridized carbons (Fsp3) is 0.214. The molecule has 1 atom stereocenters. The molecular formula is C28H26O4. The van der Waals surface area contributed by atoms with Crippen molar-refractivity contribution < 1.29 is 19.4 Å². The first-order valence-electron chi connectivity index (χ1n) is 10.9. The Morgan fingerprint density at radius 1 is 0.844 bits per heavy atom. The van der Waals surface area contributed by atoms with E-state index in [-0.39, 0.29) is 23.7 Å². The van der Waals surface area contributed by atoms with Crippen LogP contribution in [0.2, 0.25) is 0 Å². The minimum atomic E-state index is -0.753. The number of carbonyl (C=O) groups excluding carboxylic acids is 2. The van der Waals surface area contributed by atoms with Crippen LogP contribution in [0.5, 0.6) is 0 Å². The van der Waals surface area contributed by atoms with Crippen LogP contribution in [0.4, 0.5) is 0 Å². The molecule has 1 unspecified atom stereocenters. The van der Waals surface area contributed by atoms with Crippen molar-refractivity contribution in [3.05, 3.63) is 119 Å². The maximum atomic E-state index is 13.1. The molecule has 1 N–H and O–H groups in total. The van der Waals surface area contributed by atoms with Crippen LogP contribution in [-0.2, 0) is 20.7 Å². The van der Waals surface area contributed by atoms with Crippen molar-refractivity contribution in [3.63, 3.8) is 0 Å². The first-order chi connectivity index (χ1) is 15.6. The van der Waals surface area contributed by atoms with E-state index in [9.17, 15) is 14.7 Å². The second kappa shape index (κ2) is 10.1. The van der Waals surface area contributed by atoms with Gasteiger partial charge in [0.05, 0.1) is 0 Å². The van der Waals surface area contributed by atoms with E-state index in [0.29, 0.717) is 6.42 Å². The quantitative estimate of drug-likeness (QED) is 0.361. The van der Waals surface area contributed by atoms with Crippen molar-refractivity contribution >= 4 is 11.8 Å². The lowest BCUT2D eigenvalue weighted by molar-refractivity contribution is -0.141. The lowest BCUT2D eigenvalue weighted by Crippen LogP contribution is -2.15. The Kier molecular flexibility index (Phi) is 6.81. The third-order valence-corrected chi connectivity index (χ3v) is 5.86. The van der Waals surface area contributed by atoms with Crippen LogP contribution in [0.1, 0.15) is 41.9 Å². The summed E-state index contributed by atoms with van der Waals surface area (Å²) in [6, 6.07) is 29.5. The second-order valence-electron chi connectivity index (χ2n) is 8.03. The Bertz CT molecular complexity index is 1050. The van der Waals surface area contributed by atoms with Crippen LogP contribution in [-0.4, -0.2) is 23.0 Å². The number of rotatable bonds is 9. The van der Waals surface area contributed by atoms with E-state index < -0.39 is 17.9 Å². The number of aliphatic hydroxyl groups is 1. The zero-order valence-corrected chi connectivity index (χ0v) is 17.8. The van der Waals surface area contributed by atoms with Gasteiger partial charge in [0.2, 0.25) is 0 Å². The van der Waals surface area contributed by atoms with Gasteiger partial charge in [-0.1, -0.05) is 91.0 Å². The highest BCUT2D eigenvalue weighted by Crippen LogP contribution is 2.32. The molecule has 0 aromatic heterocycles. The highest BCUT2D eigenvalue weighted by molar-refractivity contribution is 6.19. The number of carbonyl (C=O) groups is 2. The van der Waals surface area contributed by atoms with Gasteiger partial charge in [0.15, 0.2) is 17.6 Å². The van der Waals surface area contributed by atoms with Crippen LogP contribution >= 0.6 is 0 Å². The van der Waals surface area contributed by atoms with Gasteiger partial charge < -0.3 is 9.84 Å². The zero-order valence-electron chi connectivity index (χ0n) is 17.8. The maximum absolute atomic E-state index is 13.1. The Morgan fingerprint density at radius 3 is 1.94 bits per heavy atom. The number of hydrogen-bond donors (Lipinski definition) is 1. The molecule has 0 amide bonds. The number of cyclic esters (lactones) is 1. The van der Waals surface area contributed by atoms with Gasteiger partial charge in [-0.2, -0.15) is 0 Å². The molecule has 162 valence electrons. The number of Topliss-reactive ketones (excluding diaryl/α,β-unsaturated/α-hetero) is 1. The summed E-state index contributed by atoms with van der Waals surface area (Å²) in [6.07, 6.45) is 1.36. The molecule has 3 aromatic carbocycles. The maximum Gasteiger partial charge on any atom is 0.346 e. The van der Waals surface area contributed by atoms with Crippen LogP contribution in [0, 0.1) is 0 Å². The molecular weight excluding hydrogens is 400 g/mol. The van der Waals surface area contributed by atoms with Crippen molar-refractivity contribution in [1.82, 2.24) is 0 Å². The molecule has 0 saturated heterocycles. The third kappa shape index (κ3) is 4.97. The molecule has 0 aliphatic carbocycles. The fourth-order valence-electron chi connectivity index (χ4n) is 4.18. The summed E-state index contributed by atoms with van der Waals surface area (Å²) in [6.45, 7) is 0. The van der Waals surface area contributed by atoms with E-state index in [1.165, 1.54) is 5.56 Å². The normalized spacial score (nSPS) is 15.8. The molecule has 4 rings (SSSR count). The van der Waals surface area contributed by atoms with Crippen molar-refractivity contribution in [3.8, 4) is 0 Å². The Morgan fingerprint density at radius 2 is 1.38 bits per heavy atom. The number of aryl methyl sites for hydroxylation is 1. The van der Waals surface area contributed by atoms with E-state index in [0.717, 1.165) is 24.0 Å². The summed E-state index contributed by atoms with van der Waals surface area (Å²) in [5, 5.41) is 10.7. The average Bonchev–Trinajstić information content (AvgIpc) is 3.12. The Balaban J connectivity index is 1.48. The lowest BCUT2D eigenvalue weighted by atomic mass is 9.85. The van der Waals surface area contributed by atoms with E-state index in [1.54, 1.807) is 0 Å². The summed E-state index contributed by atoms with van der Waals surface area (Å²) in [5.74, 6) is -1.56. The number of ketones is 1. The molecule has 0 fully saturated rings. The standard InChI is InChI=1S/C28H26O4/c29-24(19-23(21-14-6-2-7-15-21)22-16-8-3-9-17-22)26-27(30)25(32-28(26)31)18-10-13-20-11-4-1-5-12-20/h1-9,11-12,14-17,23,25,30H,10,13,18-19H2. The topological polar surface area (TPSA) is 63.6 Å². The number of ether oxygens (including phenoxy) is 1. The molecule has 1 aliphatic rings. The molecule has 0 spiro atoms. The summed E-state index contributed by atoms with van der Waals surface area (Å²) in [5.41, 5.74) is 2.95. The van der Waals surface area contributed by atoms with E-state index >= 15 is 0 Å². The molecule has 3 aromatic rings. The average molecular weight is 427 g/mol. The van der Waals surface area contributed by atoms with E-state index in [4.69, 9.17) is 4.74 Å². The van der Waals surface area contributed by atoms with Gasteiger partial charge in [0, 0.05) is 12.3 Å². The molecule has 32 heavy (non-hydrogen) atoms. The summed E-state index contributed by atoms with van der Waals surface area (Å²) >= 11 is 0. The van der Waals surface area contributed by atoms with Gasteiger partial charge in [0.1, 0.15) is 5.57 Å². The minimum absolute atomic E-state index is 0.0826. The lowest BCUT2D eigenvalue weighted by Gasteiger charge is -2.17. The van der Waals surface area contributed by atoms with Crippen LogP contribution in [0.15, 0.2) is 102 Å². The Labute approximate surface area is 188 Å². The third-order valence-electron chi connectivity index (χ3n) is 5.86. The van der Waals surface area contributed by atoms with Gasteiger partial charge in [-0.05, 0) is 36.0 Å². The second-order valence-corrected chi connectivity index (χ2v) is 8.03. The number of benzene rings is 3. The predicted molar refractivity (Wildman–Crippen MR) is 123 cm³/mol. The summed E-state index contributed by atoms with van der Waals surface area (Å²) in [4.78, 5) is 25.6. The van der Waals surface area contributed by atoms with Crippen LogP contribution in [0.25, 0.3) is 0 Å². The highest BCUT2D eigenvalue weighted by atomic mass is 16.6. The largest absolute Gasteiger partial charge is 0.507 e. The molecule has 1 heterocycles. The van der Waals surface area contributed by atoms with E-state index in [1.807, 2.05) is 91.0 Å². The monoisotopic (exact) mass is 426 g/mol. The first-order valence-corrected chi connectivity index (χ1v) is 10.9. The number of esters is 1. The van der Waals surface area contributed by atoms with Gasteiger partial charge in [-0.3, -0.25) is 4.79 Å². The van der Waals surface area contributed by atoms with Crippen LogP contribution in [0.3, 0.4) is 0 Å². The minimum Gasteiger partial charge on any atom is -0.507 e. The van der Waals surface area contributed by atoms with Crippen molar-refractivity contribution in [1.29, 1.82) is 0 Å². The number of hydrogen-bond acceptors (Lipinski definition) is 4. The zero-order chi connectivity index (χ0) is 22.3. The van der Waals surface area contributed by atoms with Crippen molar-refractivity contribution in [2.45, 2.75) is 37.7 Å². The predicted octanol–water partition coefficient (Wildman–Crippen LogP) is 5.54. The molecule has 1 aliphatic heterocycles. The Hall–Kier alpha value is -3.66. The SMILES string of the molecule is O=C(CC(c1ccccc1)c1ccccc1)C1=C(O)C(CCCc2ccccc2)OC1=O. The van der Waals surface area contributed by atoms with Crippen LogP contribution < -0.4 is 0 Å². The van der Waals surface area contributed by atoms with Gasteiger partial charge in [-0.25, -0.2) is 4.79 Å². The molecule has 4 heteroatoms. The fourth-order valence-corrected chi connectivity index (χ4v) is 4.18. The van der Waals surface area contributed by atoms with E-state index in [2.05, 4.69) is 0 Å². The molecule has 0 radical (unpaired) electrons. The van der Waals surface area contributed by atoms with Crippen molar-refractivity contribution in [2.24, 2.45) is 0 Å². The van der Waals surface area contributed by atoms with Crippen molar-refractivity contribution in [2.75, 3.05) is 0 Å². The first kappa shape index (κ1) is 21.6.